The summed E-state index contributed by atoms with van der Waals surface area (Å²) in [6.45, 7) is 1.81. The van der Waals surface area contributed by atoms with Gasteiger partial charge in [-0.2, -0.15) is 0 Å². The maximum absolute atomic E-state index is 10.2. The van der Waals surface area contributed by atoms with Gasteiger partial charge < -0.3 is 13.9 Å². The average molecular weight is 324 g/mol. The van der Waals surface area contributed by atoms with Crippen LogP contribution in [-0.2, 0) is 0 Å². The molecule has 1 saturated heterocycles. The largest absolute Gasteiger partial charge is 0.469 e. The highest BCUT2D eigenvalue weighted by Gasteiger charge is 2.37. The topological polar surface area (TPSA) is 49.8 Å². The van der Waals surface area contributed by atoms with Crippen LogP contribution in [-0.4, -0.2) is 41.1 Å². The van der Waals surface area contributed by atoms with Crippen LogP contribution in [0.4, 0.5) is 0 Å². The van der Waals surface area contributed by atoms with E-state index in [0.717, 1.165) is 37.5 Å². The first-order chi connectivity index (χ1) is 10.8. The normalized spacial score (nSPS) is 23.2. The molecule has 4 nitrogen and oxygen atoms in total. The number of hydrogen-bond acceptors (Lipinski definition) is 4. The molecule has 3 rings (SSSR count). The lowest BCUT2D eigenvalue weighted by Gasteiger charge is -2.41. The minimum absolute atomic E-state index is 0.00437. The molecule has 0 radical (unpaired) electrons. The van der Waals surface area contributed by atoms with E-state index in [4.69, 9.17) is 20.4 Å². The molecule has 5 heteroatoms. The smallest absolute Gasteiger partial charge is 0.115 e. The number of nitrogens with zero attached hydrogens (tertiary/aromatic N) is 1. The number of aliphatic hydroxyl groups is 1. The number of rotatable bonds is 6. The quantitative estimate of drug-likeness (QED) is 0.827. The highest BCUT2D eigenvalue weighted by atomic mass is 35.5. The molecule has 120 valence electrons. The minimum Gasteiger partial charge on any atom is -0.469 e. The Kier molecular flexibility index (Phi) is 5.24. The second-order valence-corrected chi connectivity index (χ2v) is 6.21. The summed E-state index contributed by atoms with van der Waals surface area (Å²) in [6, 6.07) is 7.91. The van der Waals surface area contributed by atoms with Gasteiger partial charge in [-0.3, -0.25) is 4.90 Å². The number of aliphatic hydroxyl groups excluding tert-OH is 1. The summed E-state index contributed by atoms with van der Waals surface area (Å²) in [5, 5.41) is 10.2. The van der Waals surface area contributed by atoms with Crippen molar-refractivity contribution >= 4 is 11.6 Å². The van der Waals surface area contributed by atoms with E-state index in [1.54, 1.807) is 12.5 Å². The molecule has 1 N–H and O–H groups in total. The van der Waals surface area contributed by atoms with Gasteiger partial charge in [0.1, 0.15) is 11.5 Å². The maximum Gasteiger partial charge on any atom is 0.115 e. The van der Waals surface area contributed by atoms with E-state index in [9.17, 15) is 5.11 Å². The predicted molar refractivity (Wildman–Crippen MR) is 85.2 cm³/mol. The van der Waals surface area contributed by atoms with E-state index in [1.807, 2.05) is 24.3 Å². The molecule has 0 amide bonds. The summed E-state index contributed by atoms with van der Waals surface area (Å²) in [4.78, 5) is 2.41. The van der Waals surface area contributed by atoms with Crippen molar-refractivity contribution < 1.29 is 13.9 Å². The second-order valence-electron chi connectivity index (χ2n) is 5.83. The van der Waals surface area contributed by atoms with E-state index >= 15 is 0 Å². The lowest BCUT2D eigenvalue weighted by molar-refractivity contribution is 0.0303. The van der Waals surface area contributed by atoms with Gasteiger partial charge in [0, 0.05) is 18.5 Å². The van der Waals surface area contributed by atoms with Crippen molar-refractivity contribution in [2.75, 3.05) is 19.0 Å². The summed E-state index contributed by atoms with van der Waals surface area (Å²) >= 11 is 5.86. The Bertz CT molecular complexity index is 504. The first-order valence-corrected chi connectivity index (χ1v) is 8.38. The summed E-state index contributed by atoms with van der Waals surface area (Å²) in [7, 11) is 0. The third-order valence-corrected chi connectivity index (χ3v) is 4.66. The zero-order valence-electron chi connectivity index (χ0n) is 12.5. The molecule has 2 aromatic rings. The Balaban J connectivity index is 1.89. The standard InChI is InChI=1S/C17H22ClNO3/c18-7-3-8-19-9-6-13(20)12-14(19)17(15-4-1-10-21-15)16-5-2-11-22-16/h1-2,4-5,10-11,13-14,17,20H,3,6-9,12H2. The Hall–Kier alpha value is -1.23. The molecule has 1 fully saturated rings. The average Bonchev–Trinajstić information content (AvgIpc) is 3.21. The fourth-order valence-electron chi connectivity index (χ4n) is 3.37. The molecule has 2 unspecified atom stereocenters. The number of halogens is 1. The van der Waals surface area contributed by atoms with Crippen molar-refractivity contribution in [3.05, 3.63) is 48.3 Å². The Labute approximate surface area is 135 Å². The molecular formula is C17H22ClNO3. The third kappa shape index (κ3) is 3.40. The lowest BCUT2D eigenvalue weighted by atomic mass is 9.85. The van der Waals surface area contributed by atoms with Crippen LogP contribution in [0.15, 0.2) is 45.6 Å². The maximum atomic E-state index is 10.2. The summed E-state index contributed by atoms with van der Waals surface area (Å²) < 4.78 is 11.3. The van der Waals surface area contributed by atoms with Crippen LogP contribution in [0.3, 0.4) is 0 Å². The fraction of sp³-hybridized carbons (Fsp3) is 0.529. The Morgan fingerprint density at radius 2 is 1.91 bits per heavy atom. The summed E-state index contributed by atoms with van der Waals surface area (Å²) in [5.41, 5.74) is 0. The second kappa shape index (κ2) is 7.36. The van der Waals surface area contributed by atoms with Gasteiger partial charge >= 0.3 is 0 Å². The highest BCUT2D eigenvalue weighted by Crippen LogP contribution is 2.36. The van der Waals surface area contributed by atoms with Gasteiger partial charge in [0.05, 0.1) is 24.5 Å². The summed E-state index contributed by atoms with van der Waals surface area (Å²) in [6.07, 6.45) is 5.57. The van der Waals surface area contributed by atoms with Gasteiger partial charge in [-0.1, -0.05) is 0 Å². The molecule has 0 saturated carbocycles. The molecule has 0 aromatic carbocycles. The first kappa shape index (κ1) is 15.7. The fourth-order valence-corrected chi connectivity index (χ4v) is 3.49. The monoisotopic (exact) mass is 323 g/mol. The number of piperidine rings is 1. The van der Waals surface area contributed by atoms with Gasteiger partial charge in [-0.05, 0) is 50.1 Å². The minimum atomic E-state index is -0.273. The molecule has 1 aliphatic heterocycles. The lowest BCUT2D eigenvalue weighted by Crippen LogP contribution is -2.48. The zero-order chi connectivity index (χ0) is 15.4. The van der Waals surface area contributed by atoms with Crippen LogP contribution in [0, 0.1) is 0 Å². The number of furan rings is 2. The van der Waals surface area contributed by atoms with Crippen LogP contribution >= 0.6 is 11.6 Å². The number of likely N-dealkylation sites (tertiary alicyclic amines) is 1. The van der Waals surface area contributed by atoms with Crippen LogP contribution < -0.4 is 0 Å². The van der Waals surface area contributed by atoms with E-state index in [2.05, 4.69) is 4.90 Å². The van der Waals surface area contributed by atoms with Gasteiger partial charge in [-0.15, -0.1) is 11.6 Å². The molecule has 2 aromatic heterocycles. The molecular weight excluding hydrogens is 302 g/mol. The van der Waals surface area contributed by atoms with E-state index in [-0.39, 0.29) is 18.1 Å². The molecule has 0 aliphatic carbocycles. The van der Waals surface area contributed by atoms with E-state index in [0.29, 0.717) is 12.3 Å². The van der Waals surface area contributed by atoms with E-state index < -0.39 is 0 Å². The van der Waals surface area contributed by atoms with Gasteiger partial charge in [0.2, 0.25) is 0 Å². The molecule has 2 atom stereocenters. The zero-order valence-corrected chi connectivity index (χ0v) is 13.3. The first-order valence-electron chi connectivity index (χ1n) is 7.84. The number of alkyl halides is 1. The Morgan fingerprint density at radius 1 is 1.23 bits per heavy atom. The molecule has 3 heterocycles. The highest BCUT2D eigenvalue weighted by molar-refractivity contribution is 6.17. The van der Waals surface area contributed by atoms with Crippen LogP contribution in [0.2, 0.25) is 0 Å². The molecule has 1 aliphatic rings. The molecule has 22 heavy (non-hydrogen) atoms. The van der Waals surface area contributed by atoms with Gasteiger partial charge in [0.25, 0.3) is 0 Å². The van der Waals surface area contributed by atoms with Gasteiger partial charge in [-0.25, -0.2) is 0 Å². The van der Waals surface area contributed by atoms with Crippen molar-refractivity contribution in [2.24, 2.45) is 0 Å². The van der Waals surface area contributed by atoms with Crippen LogP contribution in [0.5, 0.6) is 0 Å². The van der Waals surface area contributed by atoms with E-state index in [1.165, 1.54) is 0 Å². The van der Waals surface area contributed by atoms with Crippen molar-refractivity contribution in [3.8, 4) is 0 Å². The van der Waals surface area contributed by atoms with Crippen LogP contribution in [0.25, 0.3) is 0 Å². The van der Waals surface area contributed by atoms with Crippen molar-refractivity contribution in [3.63, 3.8) is 0 Å². The van der Waals surface area contributed by atoms with Crippen molar-refractivity contribution in [1.29, 1.82) is 0 Å². The van der Waals surface area contributed by atoms with Crippen molar-refractivity contribution in [2.45, 2.75) is 37.3 Å². The predicted octanol–water partition coefficient (Wildman–Crippen LogP) is 3.46. The molecule has 0 spiro atoms. The molecule has 0 bridgehead atoms. The number of hydrogen-bond donors (Lipinski definition) is 1. The van der Waals surface area contributed by atoms with Gasteiger partial charge in [0.15, 0.2) is 0 Å². The Morgan fingerprint density at radius 3 is 2.45 bits per heavy atom. The summed E-state index contributed by atoms with van der Waals surface area (Å²) in [5.74, 6) is 2.41. The SMILES string of the molecule is OC1CCN(CCCCl)C(C(c2ccco2)c2ccco2)C1. The third-order valence-electron chi connectivity index (χ3n) is 4.40. The van der Waals surface area contributed by atoms with Crippen LogP contribution in [0.1, 0.15) is 36.7 Å². The van der Waals surface area contributed by atoms with Crippen molar-refractivity contribution in [1.82, 2.24) is 4.90 Å².